The van der Waals surface area contributed by atoms with Crippen LogP contribution in [0.25, 0.3) is 21.8 Å². The summed E-state index contributed by atoms with van der Waals surface area (Å²) in [7, 11) is 0. The van der Waals surface area contributed by atoms with Crippen molar-refractivity contribution in [2.45, 2.75) is 6.92 Å². The lowest BCUT2D eigenvalue weighted by molar-refractivity contribution is 0.102. The van der Waals surface area contributed by atoms with E-state index in [0.29, 0.717) is 5.69 Å². The van der Waals surface area contributed by atoms with Crippen molar-refractivity contribution in [3.8, 4) is 0 Å². The molecule has 0 saturated carbocycles. The topological polar surface area (TPSA) is 54.9 Å². The predicted octanol–water partition coefficient (Wildman–Crippen LogP) is 4.34. The maximum atomic E-state index is 12.6. The van der Waals surface area contributed by atoms with Gasteiger partial charge in [-0.05, 0) is 42.8 Å². The van der Waals surface area contributed by atoms with Crippen LogP contribution in [0, 0.1) is 6.92 Å². The summed E-state index contributed by atoms with van der Waals surface area (Å²) in [6.45, 7) is 2.01. The second-order valence-electron chi connectivity index (χ2n) is 5.67. The Balaban J connectivity index is 1.72. The Hall–Kier alpha value is -3.27. The molecule has 24 heavy (non-hydrogen) atoms. The standard InChI is InChI=1S/C20H15N3O/c1-13-8-10-17(15-6-4-12-21-19(13)15)23-20(24)18-11-9-14-5-2-3-7-16(14)22-18/h2-12H,1H3,(H,23,24). The van der Waals surface area contributed by atoms with Crippen molar-refractivity contribution >= 4 is 33.4 Å². The second-order valence-corrected chi connectivity index (χ2v) is 5.67. The molecule has 4 aromatic rings. The van der Waals surface area contributed by atoms with Crippen molar-refractivity contribution in [2.75, 3.05) is 5.32 Å². The SMILES string of the molecule is Cc1ccc(NC(=O)c2ccc3ccccc3n2)c2cccnc12. The van der Waals surface area contributed by atoms with Gasteiger partial charge in [0.25, 0.3) is 5.91 Å². The van der Waals surface area contributed by atoms with Gasteiger partial charge >= 0.3 is 0 Å². The number of nitrogens with one attached hydrogen (secondary N) is 1. The van der Waals surface area contributed by atoms with E-state index in [1.807, 2.05) is 61.5 Å². The molecule has 1 N–H and O–H groups in total. The van der Waals surface area contributed by atoms with Gasteiger partial charge in [-0.15, -0.1) is 0 Å². The number of carbonyl (C=O) groups is 1. The molecule has 1 amide bonds. The number of para-hydroxylation sites is 1. The van der Waals surface area contributed by atoms with Crippen LogP contribution in [0.15, 0.2) is 66.9 Å². The van der Waals surface area contributed by atoms with Crippen molar-refractivity contribution in [3.05, 3.63) is 78.1 Å². The van der Waals surface area contributed by atoms with E-state index in [9.17, 15) is 4.79 Å². The van der Waals surface area contributed by atoms with E-state index in [1.54, 1.807) is 12.3 Å². The van der Waals surface area contributed by atoms with Gasteiger partial charge in [0.05, 0.1) is 16.7 Å². The lowest BCUT2D eigenvalue weighted by atomic mass is 10.1. The third-order valence-corrected chi connectivity index (χ3v) is 4.05. The van der Waals surface area contributed by atoms with Gasteiger partial charge in [-0.25, -0.2) is 4.98 Å². The molecule has 4 rings (SSSR count). The van der Waals surface area contributed by atoms with Crippen LogP contribution in [-0.4, -0.2) is 15.9 Å². The molecule has 116 valence electrons. The van der Waals surface area contributed by atoms with Gasteiger partial charge in [-0.2, -0.15) is 0 Å². The van der Waals surface area contributed by atoms with Crippen molar-refractivity contribution in [3.63, 3.8) is 0 Å². The number of nitrogens with zero attached hydrogens (tertiary/aromatic N) is 2. The minimum atomic E-state index is -0.227. The van der Waals surface area contributed by atoms with E-state index in [1.165, 1.54) is 0 Å². The van der Waals surface area contributed by atoms with Gasteiger partial charge in [0.15, 0.2) is 0 Å². The maximum Gasteiger partial charge on any atom is 0.274 e. The van der Waals surface area contributed by atoms with Crippen LogP contribution in [0.4, 0.5) is 5.69 Å². The zero-order valence-corrected chi connectivity index (χ0v) is 13.2. The molecule has 4 heteroatoms. The van der Waals surface area contributed by atoms with Gasteiger partial charge in [0.2, 0.25) is 0 Å². The molecule has 0 unspecified atom stereocenters. The number of benzene rings is 2. The molecule has 0 spiro atoms. The molecule has 0 aliphatic rings. The summed E-state index contributed by atoms with van der Waals surface area (Å²) >= 11 is 0. The fourth-order valence-electron chi connectivity index (χ4n) is 2.80. The number of amides is 1. The largest absolute Gasteiger partial charge is 0.320 e. The molecule has 2 aromatic heterocycles. The number of carbonyl (C=O) groups excluding carboxylic acids is 1. The summed E-state index contributed by atoms with van der Waals surface area (Å²) in [5.41, 5.74) is 3.91. The maximum absolute atomic E-state index is 12.6. The lowest BCUT2D eigenvalue weighted by Gasteiger charge is -2.10. The van der Waals surface area contributed by atoms with Gasteiger partial charge in [-0.1, -0.05) is 30.3 Å². The fraction of sp³-hybridized carbons (Fsp3) is 0.0500. The number of hydrogen-bond donors (Lipinski definition) is 1. The summed E-state index contributed by atoms with van der Waals surface area (Å²) in [6.07, 6.45) is 1.76. The van der Waals surface area contributed by atoms with Crippen LogP contribution in [0.5, 0.6) is 0 Å². The second kappa shape index (κ2) is 5.74. The van der Waals surface area contributed by atoms with Crippen LogP contribution in [0.1, 0.15) is 16.1 Å². The minimum Gasteiger partial charge on any atom is -0.320 e. The molecule has 0 aliphatic heterocycles. The smallest absolute Gasteiger partial charge is 0.274 e. The van der Waals surface area contributed by atoms with Crippen molar-refractivity contribution < 1.29 is 4.79 Å². The number of anilines is 1. The third kappa shape index (κ3) is 2.48. The number of rotatable bonds is 2. The average Bonchev–Trinajstić information content (AvgIpc) is 2.64. The summed E-state index contributed by atoms with van der Waals surface area (Å²) in [5, 5.41) is 4.89. The average molecular weight is 313 g/mol. The quantitative estimate of drug-likeness (QED) is 0.599. The summed E-state index contributed by atoms with van der Waals surface area (Å²) < 4.78 is 0. The number of aromatic nitrogens is 2. The first-order chi connectivity index (χ1) is 11.7. The van der Waals surface area contributed by atoms with Gasteiger partial charge in [0.1, 0.15) is 5.69 Å². The normalized spacial score (nSPS) is 10.9. The molecule has 0 radical (unpaired) electrons. The van der Waals surface area contributed by atoms with Crippen LogP contribution < -0.4 is 5.32 Å². The summed E-state index contributed by atoms with van der Waals surface area (Å²) in [5.74, 6) is -0.227. The lowest BCUT2D eigenvalue weighted by Crippen LogP contribution is -2.14. The minimum absolute atomic E-state index is 0.227. The molecule has 0 aliphatic carbocycles. The van der Waals surface area contributed by atoms with E-state index in [-0.39, 0.29) is 5.91 Å². The van der Waals surface area contributed by atoms with Crippen LogP contribution in [0.3, 0.4) is 0 Å². The van der Waals surface area contributed by atoms with E-state index in [4.69, 9.17) is 0 Å². The van der Waals surface area contributed by atoms with E-state index >= 15 is 0 Å². The molecule has 4 nitrogen and oxygen atoms in total. The first-order valence-electron chi connectivity index (χ1n) is 7.74. The predicted molar refractivity (Wildman–Crippen MR) is 96.2 cm³/mol. The van der Waals surface area contributed by atoms with E-state index < -0.39 is 0 Å². The molecular weight excluding hydrogens is 298 g/mol. The van der Waals surface area contributed by atoms with Crippen LogP contribution >= 0.6 is 0 Å². The highest BCUT2D eigenvalue weighted by Gasteiger charge is 2.11. The molecule has 2 aromatic carbocycles. The van der Waals surface area contributed by atoms with Crippen LogP contribution in [-0.2, 0) is 0 Å². The highest BCUT2D eigenvalue weighted by Crippen LogP contribution is 2.25. The Labute approximate surface area is 139 Å². The first kappa shape index (κ1) is 14.3. The molecule has 0 saturated heterocycles. The Bertz CT molecular complexity index is 1070. The summed E-state index contributed by atoms with van der Waals surface area (Å²) in [4.78, 5) is 21.4. The van der Waals surface area contributed by atoms with Crippen LogP contribution in [0.2, 0.25) is 0 Å². The van der Waals surface area contributed by atoms with E-state index in [0.717, 1.165) is 33.1 Å². The zero-order chi connectivity index (χ0) is 16.5. The van der Waals surface area contributed by atoms with Crippen molar-refractivity contribution in [2.24, 2.45) is 0 Å². The highest BCUT2D eigenvalue weighted by molar-refractivity contribution is 6.08. The highest BCUT2D eigenvalue weighted by atomic mass is 16.1. The van der Waals surface area contributed by atoms with Gasteiger partial charge < -0.3 is 5.32 Å². The Morgan fingerprint density at radius 2 is 1.83 bits per heavy atom. The summed E-state index contributed by atoms with van der Waals surface area (Å²) in [6, 6.07) is 19.1. The number of fused-ring (bicyclic) bond motifs is 2. The molecule has 0 fully saturated rings. The van der Waals surface area contributed by atoms with Gasteiger partial charge in [0, 0.05) is 17.0 Å². The van der Waals surface area contributed by atoms with Crippen molar-refractivity contribution in [1.82, 2.24) is 9.97 Å². The number of hydrogen-bond acceptors (Lipinski definition) is 3. The monoisotopic (exact) mass is 313 g/mol. The Kier molecular flexibility index (Phi) is 3.43. The number of aryl methyl sites for hydroxylation is 1. The Morgan fingerprint density at radius 3 is 2.75 bits per heavy atom. The molecule has 0 bridgehead atoms. The molecule has 0 atom stereocenters. The zero-order valence-electron chi connectivity index (χ0n) is 13.2. The fourth-order valence-corrected chi connectivity index (χ4v) is 2.80. The Morgan fingerprint density at radius 1 is 0.958 bits per heavy atom. The van der Waals surface area contributed by atoms with Crippen molar-refractivity contribution in [1.29, 1.82) is 0 Å². The third-order valence-electron chi connectivity index (χ3n) is 4.05. The van der Waals surface area contributed by atoms with Gasteiger partial charge in [-0.3, -0.25) is 9.78 Å². The molecule has 2 heterocycles. The molecular formula is C20H15N3O. The number of pyridine rings is 2. The van der Waals surface area contributed by atoms with E-state index in [2.05, 4.69) is 15.3 Å². The first-order valence-corrected chi connectivity index (χ1v) is 7.74.